The second-order valence-electron chi connectivity index (χ2n) is 3.07. The van der Waals surface area contributed by atoms with Crippen LogP contribution in [0.2, 0.25) is 0 Å². The Morgan fingerprint density at radius 3 is 2.81 bits per heavy atom. The van der Waals surface area contributed by atoms with E-state index < -0.39 is 5.82 Å². The van der Waals surface area contributed by atoms with Crippen LogP contribution in [0.3, 0.4) is 0 Å². The summed E-state index contributed by atoms with van der Waals surface area (Å²) in [5, 5.41) is 0. The lowest BCUT2D eigenvalue weighted by Gasteiger charge is -1.98. The van der Waals surface area contributed by atoms with E-state index in [9.17, 15) is 14.0 Å². The molecule has 0 saturated heterocycles. The zero-order chi connectivity index (χ0) is 12.0. The Kier molecular flexibility index (Phi) is 4.39. The molecule has 4 heteroatoms. The highest BCUT2D eigenvalue weighted by Gasteiger charge is 2.00. The maximum absolute atomic E-state index is 12.9. The van der Waals surface area contributed by atoms with E-state index in [4.69, 9.17) is 0 Å². The number of hydrogen-bond acceptors (Lipinski definition) is 3. The predicted molar refractivity (Wildman–Crippen MR) is 57.5 cm³/mol. The molecule has 16 heavy (non-hydrogen) atoms. The minimum atomic E-state index is -0.427. The van der Waals surface area contributed by atoms with Gasteiger partial charge in [-0.25, -0.2) is 4.39 Å². The SMILES string of the molecule is COC(=O)CC=Cc1cc(F)ccc1C=O. The number of benzene rings is 1. The maximum atomic E-state index is 12.9. The molecule has 0 radical (unpaired) electrons. The molecule has 1 aromatic carbocycles. The number of halogens is 1. The fraction of sp³-hybridized carbons (Fsp3) is 0.167. The van der Waals surface area contributed by atoms with Crippen molar-refractivity contribution in [2.75, 3.05) is 7.11 Å². The number of carbonyl (C=O) groups excluding carboxylic acids is 2. The summed E-state index contributed by atoms with van der Waals surface area (Å²) in [6.07, 6.45) is 3.76. The number of methoxy groups -OCH3 is 1. The molecule has 0 saturated carbocycles. The fourth-order valence-corrected chi connectivity index (χ4v) is 1.16. The monoisotopic (exact) mass is 222 g/mol. The van der Waals surface area contributed by atoms with E-state index in [1.165, 1.54) is 37.5 Å². The molecule has 0 aliphatic rings. The standard InChI is InChI=1S/C12H11FO3/c1-16-12(15)4-2-3-9-7-11(13)6-5-10(9)8-14/h2-3,5-8H,4H2,1H3. The number of carbonyl (C=O) groups is 2. The summed E-state index contributed by atoms with van der Waals surface area (Å²) in [6, 6.07) is 3.83. The van der Waals surface area contributed by atoms with Crippen LogP contribution in [-0.2, 0) is 9.53 Å². The Morgan fingerprint density at radius 1 is 1.44 bits per heavy atom. The van der Waals surface area contributed by atoms with Gasteiger partial charge in [0, 0.05) is 5.56 Å². The molecule has 0 aliphatic heterocycles. The first-order valence-corrected chi connectivity index (χ1v) is 4.65. The van der Waals surface area contributed by atoms with E-state index in [1.54, 1.807) is 0 Å². The van der Waals surface area contributed by atoms with E-state index in [2.05, 4.69) is 4.74 Å². The molecule has 0 heterocycles. The summed E-state index contributed by atoms with van der Waals surface area (Å²) in [5.74, 6) is -0.816. The Balaban J connectivity index is 2.83. The zero-order valence-electron chi connectivity index (χ0n) is 8.77. The van der Waals surface area contributed by atoms with Gasteiger partial charge < -0.3 is 4.74 Å². The third-order valence-electron chi connectivity index (χ3n) is 1.99. The van der Waals surface area contributed by atoms with Gasteiger partial charge in [-0.05, 0) is 23.8 Å². The smallest absolute Gasteiger partial charge is 0.309 e. The molecule has 0 unspecified atom stereocenters. The average molecular weight is 222 g/mol. The molecule has 3 nitrogen and oxygen atoms in total. The van der Waals surface area contributed by atoms with Crippen LogP contribution in [0.5, 0.6) is 0 Å². The molecular formula is C12H11FO3. The minimum Gasteiger partial charge on any atom is -0.469 e. The lowest BCUT2D eigenvalue weighted by molar-refractivity contribution is -0.139. The van der Waals surface area contributed by atoms with Gasteiger partial charge in [0.25, 0.3) is 0 Å². The number of hydrogen-bond donors (Lipinski definition) is 0. The molecule has 0 spiro atoms. The van der Waals surface area contributed by atoms with Gasteiger partial charge >= 0.3 is 5.97 Å². The van der Waals surface area contributed by atoms with Crippen molar-refractivity contribution in [3.8, 4) is 0 Å². The third-order valence-corrected chi connectivity index (χ3v) is 1.99. The first kappa shape index (κ1) is 12.1. The van der Waals surface area contributed by atoms with E-state index in [0.717, 1.165) is 0 Å². The topological polar surface area (TPSA) is 43.4 Å². The minimum absolute atomic E-state index is 0.0886. The van der Waals surface area contributed by atoms with Crippen molar-refractivity contribution >= 4 is 18.3 Å². The van der Waals surface area contributed by atoms with Gasteiger partial charge in [-0.15, -0.1) is 0 Å². The van der Waals surface area contributed by atoms with Crippen LogP contribution >= 0.6 is 0 Å². The number of rotatable bonds is 4. The lowest BCUT2D eigenvalue weighted by Crippen LogP contribution is -1.96. The highest BCUT2D eigenvalue weighted by Crippen LogP contribution is 2.11. The third kappa shape index (κ3) is 3.31. The summed E-state index contributed by atoms with van der Waals surface area (Å²) in [4.78, 5) is 21.5. The molecule has 0 aliphatic carbocycles. The lowest BCUT2D eigenvalue weighted by atomic mass is 10.1. The normalized spacial score (nSPS) is 10.4. The van der Waals surface area contributed by atoms with Crippen molar-refractivity contribution in [1.29, 1.82) is 0 Å². The first-order chi connectivity index (χ1) is 7.67. The summed E-state index contributed by atoms with van der Waals surface area (Å²) >= 11 is 0. The predicted octanol–water partition coefficient (Wildman–Crippen LogP) is 2.21. The number of aldehydes is 1. The molecule has 0 atom stereocenters. The van der Waals surface area contributed by atoms with E-state index >= 15 is 0 Å². The van der Waals surface area contributed by atoms with Gasteiger partial charge in [-0.3, -0.25) is 9.59 Å². The largest absolute Gasteiger partial charge is 0.469 e. The number of ether oxygens (including phenoxy) is 1. The van der Waals surface area contributed by atoms with Crippen molar-refractivity contribution in [1.82, 2.24) is 0 Å². The van der Waals surface area contributed by atoms with E-state index in [1.807, 2.05) is 0 Å². The Labute approximate surface area is 92.5 Å². The summed E-state index contributed by atoms with van der Waals surface area (Å²) in [6.45, 7) is 0. The number of esters is 1. The van der Waals surface area contributed by atoms with Gasteiger partial charge in [0.2, 0.25) is 0 Å². The summed E-state index contributed by atoms with van der Waals surface area (Å²) in [5.41, 5.74) is 0.821. The van der Waals surface area contributed by atoms with Gasteiger partial charge in [-0.1, -0.05) is 12.2 Å². The Bertz CT molecular complexity index is 424. The highest BCUT2D eigenvalue weighted by molar-refractivity contribution is 5.82. The summed E-state index contributed by atoms with van der Waals surface area (Å²) in [7, 11) is 1.29. The van der Waals surface area contributed by atoms with Crippen molar-refractivity contribution in [2.24, 2.45) is 0 Å². The molecule has 1 aromatic rings. The molecule has 0 fully saturated rings. The van der Waals surface area contributed by atoms with Crippen LogP contribution in [0.4, 0.5) is 4.39 Å². The van der Waals surface area contributed by atoms with Crippen LogP contribution in [0.1, 0.15) is 22.3 Å². The molecule has 0 amide bonds. The molecule has 84 valence electrons. The molecule has 0 N–H and O–H groups in total. The van der Waals surface area contributed by atoms with Crippen LogP contribution in [0, 0.1) is 5.82 Å². The fourth-order valence-electron chi connectivity index (χ4n) is 1.16. The van der Waals surface area contributed by atoms with Crippen molar-refractivity contribution in [2.45, 2.75) is 6.42 Å². The average Bonchev–Trinajstić information content (AvgIpc) is 2.29. The molecule has 0 bridgehead atoms. The zero-order valence-corrected chi connectivity index (χ0v) is 8.77. The Hall–Kier alpha value is -1.97. The first-order valence-electron chi connectivity index (χ1n) is 4.65. The highest BCUT2D eigenvalue weighted by atomic mass is 19.1. The second kappa shape index (κ2) is 5.80. The van der Waals surface area contributed by atoms with Crippen LogP contribution in [-0.4, -0.2) is 19.4 Å². The van der Waals surface area contributed by atoms with Crippen LogP contribution < -0.4 is 0 Å². The van der Waals surface area contributed by atoms with Crippen molar-refractivity contribution in [3.63, 3.8) is 0 Å². The van der Waals surface area contributed by atoms with Crippen molar-refractivity contribution < 1.29 is 18.7 Å². The quantitative estimate of drug-likeness (QED) is 0.579. The molecule has 0 aromatic heterocycles. The maximum Gasteiger partial charge on any atom is 0.309 e. The van der Waals surface area contributed by atoms with Crippen molar-refractivity contribution in [3.05, 3.63) is 41.2 Å². The van der Waals surface area contributed by atoms with Crippen LogP contribution in [0.15, 0.2) is 24.3 Å². The Morgan fingerprint density at radius 2 is 2.19 bits per heavy atom. The second-order valence-corrected chi connectivity index (χ2v) is 3.07. The molecular weight excluding hydrogens is 211 g/mol. The van der Waals surface area contributed by atoms with Gasteiger partial charge in [0.15, 0.2) is 6.29 Å². The van der Waals surface area contributed by atoms with Gasteiger partial charge in [0.05, 0.1) is 13.5 Å². The molecule has 1 rings (SSSR count). The van der Waals surface area contributed by atoms with E-state index in [0.29, 0.717) is 17.4 Å². The van der Waals surface area contributed by atoms with Gasteiger partial charge in [0.1, 0.15) is 5.82 Å². The van der Waals surface area contributed by atoms with Gasteiger partial charge in [-0.2, -0.15) is 0 Å². The summed E-state index contributed by atoms with van der Waals surface area (Å²) < 4.78 is 17.3. The van der Waals surface area contributed by atoms with Crippen LogP contribution in [0.25, 0.3) is 6.08 Å². The van der Waals surface area contributed by atoms with E-state index in [-0.39, 0.29) is 12.4 Å².